The first-order chi connectivity index (χ1) is 9.84. The Morgan fingerprint density at radius 2 is 1.80 bits per heavy atom. The summed E-state index contributed by atoms with van der Waals surface area (Å²) in [4.78, 5) is 4.06. The van der Waals surface area contributed by atoms with Crippen LogP contribution in [0.4, 0.5) is 0 Å². The Hall–Kier alpha value is -1.67. The van der Waals surface area contributed by atoms with E-state index in [-0.39, 0.29) is 0 Å². The van der Waals surface area contributed by atoms with Gasteiger partial charge in [0.05, 0.1) is 0 Å². The van der Waals surface area contributed by atoms with Crippen molar-refractivity contribution in [1.29, 1.82) is 0 Å². The fourth-order valence-electron chi connectivity index (χ4n) is 3.16. The van der Waals surface area contributed by atoms with Gasteiger partial charge in [0.1, 0.15) is 0 Å². The summed E-state index contributed by atoms with van der Waals surface area (Å²) in [5.41, 5.74) is 4.38. The van der Waals surface area contributed by atoms with Crippen molar-refractivity contribution in [3.63, 3.8) is 0 Å². The third-order valence-corrected chi connectivity index (χ3v) is 4.34. The highest BCUT2D eigenvalue weighted by atomic mass is 14.9. The number of hydrogen-bond donors (Lipinski definition) is 1. The molecule has 1 heterocycles. The molecule has 0 saturated carbocycles. The summed E-state index contributed by atoms with van der Waals surface area (Å²) < 4.78 is 0. The number of pyridine rings is 1. The average Bonchev–Trinajstić information content (AvgIpc) is 2.51. The summed E-state index contributed by atoms with van der Waals surface area (Å²) in [5.74, 6) is 0.699. The van der Waals surface area contributed by atoms with Crippen LogP contribution in [0.5, 0.6) is 0 Å². The number of nitrogens with zero attached hydrogens (tertiary/aromatic N) is 1. The van der Waals surface area contributed by atoms with Crippen molar-refractivity contribution in [3.8, 4) is 0 Å². The highest BCUT2D eigenvalue weighted by Crippen LogP contribution is 2.36. The van der Waals surface area contributed by atoms with Crippen LogP contribution in [0, 0.1) is 0 Å². The highest BCUT2D eigenvalue weighted by molar-refractivity contribution is 5.34. The van der Waals surface area contributed by atoms with E-state index in [1.165, 1.54) is 29.5 Å². The Morgan fingerprint density at radius 3 is 2.60 bits per heavy atom. The Kier molecular flexibility index (Phi) is 4.12. The first-order valence-electron chi connectivity index (χ1n) is 7.55. The van der Waals surface area contributed by atoms with Crippen molar-refractivity contribution in [2.45, 2.75) is 38.1 Å². The second-order valence-corrected chi connectivity index (χ2v) is 5.72. The molecular weight excluding hydrogens is 244 g/mol. The molecule has 2 unspecified atom stereocenters. The topological polar surface area (TPSA) is 24.9 Å². The van der Waals surface area contributed by atoms with E-state index in [9.17, 15) is 0 Å². The molecule has 2 nitrogen and oxygen atoms in total. The third kappa shape index (κ3) is 2.91. The zero-order valence-corrected chi connectivity index (χ0v) is 12.0. The van der Waals surface area contributed by atoms with E-state index < -0.39 is 0 Å². The molecule has 0 saturated heterocycles. The smallest absolute Gasteiger partial charge is 0.0323 e. The monoisotopic (exact) mass is 266 g/mol. The van der Waals surface area contributed by atoms with E-state index in [0.717, 1.165) is 13.0 Å². The van der Waals surface area contributed by atoms with Crippen LogP contribution in [0.3, 0.4) is 0 Å². The van der Waals surface area contributed by atoms with Crippen LogP contribution in [-0.2, 0) is 6.42 Å². The van der Waals surface area contributed by atoms with E-state index in [0.29, 0.717) is 12.0 Å². The van der Waals surface area contributed by atoms with Gasteiger partial charge in [0, 0.05) is 18.4 Å². The quantitative estimate of drug-likeness (QED) is 0.909. The lowest BCUT2D eigenvalue weighted by Crippen LogP contribution is -2.27. The van der Waals surface area contributed by atoms with Crippen molar-refractivity contribution in [3.05, 3.63) is 65.5 Å². The van der Waals surface area contributed by atoms with E-state index in [1.807, 2.05) is 12.4 Å². The molecule has 0 spiro atoms. The molecule has 3 rings (SSSR count). The highest BCUT2D eigenvalue weighted by Gasteiger charge is 2.23. The first kappa shape index (κ1) is 13.3. The van der Waals surface area contributed by atoms with Gasteiger partial charge in [-0.2, -0.15) is 0 Å². The fraction of sp³-hybridized carbons (Fsp3) is 0.389. The number of rotatable bonds is 4. The van der Waals surface area contributed by atoms with Crippen molar-refractivity contribution >= 4 is 0 Å². The fourth-order valence-corrected chi connectivity index (χ4v) is 3.16. The molecule has 1 N–H and O–H groups in total. The van der Waals surface area contributed by atoms with Gasteiger partial charge in [-0.05, 0) is 60.5 Å². The SMILES string of the molecule is CC1CCC(NCCc2ccncc2)c2ccccc21. The zero-order chi connectivity index (χ0) is 13.8. The van der Waals surface area contributed by atoms with Crippen molar-refractivity contribution in [2.24, 2.45) is 0 Å². The number of benzene rings is 1. The molecule has 0 amide bonds. The molecule has 104 valence electrons. The minimum absolute atomic E-state index is 0.518. The van der Waals surface area contributed by atoms with Crippen LogP contribution in [0.2, 0.25) is 0 Å². The summed E-state index contributed by atoms with van der Waals surface area (Å²) in [7, 11) is 0. The summed E-state index contributed by atoms with van der Waals surface area (Å²) in [6, 6.07) is 13.6. The van der Waals surface area contributed by atoms with Gasteiger partial charge < -0.3 is 5.32 Å². The molecule has 0 bridgehead atoms. The molecule has 0 fully saturated rings. The number of fused-ring (bicyclic) bond motifs is 1. The minimum atomic E-state index is 0.518. The normalized spacial score (nSPS) is 21.4. The van der Waals surface area contributed by atoms with Crippen LogP contribution in [0.25, 0.3) is 0 Å². The maximum atomic E-state index is 4.06. The van der Waals surface area contributed by atoms with Crippen molar-refractivity contribution < 1.29 is 0 Å². The van der Waals surface area contributed by atoms with Gasteiger partial charge in [0.2, 0.25) is 0 Å². The second kappa shape index (κ2) is 6.19. The van der Waals surface area contributed by atoms with E-state index >= 15 is 0 Å². The molecule has 1 aromatic heterocycles. The zero-order valence-electron chi connectivity index (χ0n) is 12.0. The number of nitrogens with one attached hydrogen (secondary N) is 1. The summed E-state index contributed by atoms with van der Waals surface area (Å²) in [6.07, 6.45) is 7.33. The molecule has 1 aliphatic rings. The molecule has 0 radical (unpaired) electrons. The minimum Gasteiger partial charge on any atom is -0.310 e. The predicted octanol–water partition coefficient (Wildman–Crippen LogP) is 3.85. The summed E-state index contributed by atoms with van der Waals surface area (Å²) in [5, 5.41) is 3.73. The predicted molar refractivity (Wildman–Crippen MR) is 82.8 cm³/mol. The van der Waals surface area contributed by atoms with Gasteiger partial charge in [-0.1, -0.05) is 31.2 Å². The molecule has 1 aromatic carbocycles. The van der Waals surface area contributed by atoms with E-state index in [2.05, 4.69) is 53.6 Å². The Bertz CT molecular complexity index is 550. The Morgan fingerprint density at radius 1 is 1.05 bits per heavy atom. The van der Waals surface area contributed by atoms with Crippen LogP contribution in [-0.4, -0.2) is 11.5 Å². The van der Waals surface area contributed by atoms with Crippen LogP contribution in [0.15, 0.2) is 48.8 Å². The molecule has 0 aliphatic heterocycles. The van der Waals surface area contributed by atoms with Gasteiger partial charge in [-0.25, -0.2) is 0 Å². The lowest BCUT2D eigenvalue weighted by atomic mass is 9.81. The van der Waals surface area contributed by atoms with Gasteiger partial charge in [-0.15, -0.1) is 0 Å². The standard InChI is InChI=1S/C18H22N2/c1-14-6-7-18(17-5-3-2-4-16(14)17)20-13-10-15-8-11-19-12-9-15/h2-5,8-9,11-12,14,18,20H,6-7,10,13H2,1H3. The molecule has 2 heteroatoms. The maximum absolute atomic E-state index is 4.06. The largest absolute Gasteiger partial charge is 0.310 e. The number of aromatic nitrogens is 1. The molecule has 1 aliphatic carbocycles. The summed E-state index contributed by atoms with van der Waals surface area (Å²) >= 11 is 0. The summed E-state index contributed by atoms with van der Waals surface area (Å²) in [6.45, 7) is 3.36. The Labute approximate surface area is 121 Å². The van der Waals surface area contributed by atoms with E-state index in [4.69, 9.17) is 0 Å². The Balaban J connectivity index is 1.63. The first-order valence-corrected chi connectivity index (χ1v) is 7.55. The van der Waals surface area contributed by atoms with Gasteiger partial charge in [0.25, 0.3) is 0 Å². The molecule has 2 aromatic rings. The van der Waals surface area contributed by atoms with Gasteiger partial charge in [0.15, 0.2) is 0 Å². The van der Waals surface area contributed by atoms with Crippen LogP contribution in [0.1, 0.15) is 48.4 Å². The van der Waals surface area contributed by atoms with Crippen molar-refractivity contribution in [2.75, 3.05) is 6.54 Å². The van der Waals surface area contributed by atoms with Crippen molar-refractivity contribution in [1.82, 2.24) is 10.3 Å². The molecule has 2 atom stereocenters. The molecule has 20 heavy (non-hydrogen) atoms. The molecular formula is C18H22N2. The third-order valence-electron chi connectivity index (χ3n) is 4.34. The lowest BCUT2D eigenvalue weighted by Gasteiger charge is -2.30. The maximum Gasteiger partial charge on any atom is 0.0323 e. The van der Waals surface area contributed by atoms with Crippen LogP contribution >= 0.6 is 0 Å². The average molecular weight is 266 g/mol. The van der Waals surface area contributed by atoms with Crippen LogP contribution < -0.4 is 5.32 Å². The van der Waals surface area contributed by atoms with E-state index in [1.54, 1.807) is 0 Å². The van der Waals surface area contributed by atoms with Gasteiger partial charge >= 0.3 is 0 Å². The van der Waals surface area contributed by atoms with Gasteiger partial charge in [-0.3, -0.25) is 4.98 Å². The lowest BCUT2D eigenvalue weighted by molar-refractivity contribution is 0.434. The second-order valence-electron chi connectivity index (χ2n) is 5.72. The number of hydrogen-bond acceptors (Lipinski definition) is 2.